The van der Waals surface area contributed by atoms with Crippen LogP contribution in [0.3, 0.4) is 0 Å². The number of nitrogens with zero attached hydrogens (tertiary/aromatic N) is 2. The molecule has 1 heterocycles. The summed E-state index contributed by atoms with van der Waals surface area (Å²) in [6.07, 6.45) is 6.10. The fourth-order valence-electron chi connectivity index (χ4n) is 1.76. The van der Waals surface area contributed by atoms with Gasteiger partial charge in [0.25, 0.3) is 0 Å². The summed E-state index contributed by atoms with van der Waals surface area (Å²) in [5.41, 5.74) is 6.07. The van der Waals surface area contributed by atoms with E-state index in [4.69, 9.17) is 5.73 Å². The van der Waals surface area contributed by atoms with Crippen LogP contribution in [0.1, 0.15) is 20.3 Å². The van der Waals surface area contributed by atoms with Crippen LogP contribution in [0.4, 0.5) is 5.82 Å². The maximum absolute atomic E-state index is 5.92. The van der Waals surface area contributed by atoms with Crippen LogP contribution in [-0.2, 0) is 0 Å². The lowest BCUT2D eigenvalue weighted by atomic mass is 9.63. The Morgan fingerprint density at radius 2 is 2.29 bits per heavy atom. The molecule has 0 spiro atoms. The second kappa shape index (κ2) is 3.20. The van der Waals surface area contributed by atoms with E-state index in [9.17, 15) is 0 Å². The Morgan fingerprint density at radius 3 is 2.79 bits per heavy atom. The minimum absolute atomic E-state index is 0.150. The summed E-state index contributed by atoms with van der Waals surface area (Å²) < 4.78 is 0. The molecule has 1 aromatic heterocycles. The van der Waals surface area contributed by atoms with Gasteiger partial charge in [-0.05, 0) is 6.42 Å². The highest BCUT2D eigenvalue weighted by molar-refractivity contribution is 5.34. The van der Waals surface area contributed by atoms with Gasteiger partial charge >= 0.3 is 0 Å². The lowest BCUT2D eigenvalue weighted by Crippen LogP contribution is -2.61. The molecule has 0 radical (unpaired) electrons. The lowest BCUT2D eigenvalue weighted by molar-refractivity contribution is 0.117. The van der Waals surface area contributed by atoms with Gasteiger partial charge in [-0.1, -0.05) is 13.8 Å². The standard InChI is InChI=1S/C10H16N4/c1-10(2)7(11)5-8(10)14-9-6-12-3-4-13-9/h3-4,6-8H,5,11H2,1-2H3,(H,13,14). The van der Waals surface area contributed by atoms with E-state index >= 15 is 0 Å². The Bertz CT molecular complexity index is 309. The van der Waals surface area contributed by atoms with Crippen LogP contribution in [-0.4, -0.2) is 22.1 Å². The number of anilines is 1. The van der Waals surface area contributed by atoms with Crippen LogP contribution >= 0.6 is 0 Å². The molecule has 0 amide bonds. The maximum Gasteiger partial charge on any atom is 0.144 e. The fraction of sp³-hybridized carbons (Fsp3) is 0.600. The van der Waals surface area contributed by atoms with Crippen LogP contribution in [0, 0.1) is 5.41 Å². The first-order valence-electron chi connectivity index (χ1n) is 4.89. The molecule has 3 N–H and O–H groups in total. The largest absolute Gasteiger partial charge is 0.365 e. The summed E-state index contributed by atoms with van der Waals surface area (Å²) in [6.45, 7) is 4.35. The molecule has 0 saturated heterocycles. The van der Waals surface area contributed by atoms with Crippen molar-refractivity contribution in [3.05, 3.63) is 18.6 Å². The van der Waals surface area contributed by atoms with Crippen LogP contribution in [0.25, 0.3) is 0 Å². The molecular formula is C10H16N4. The predicted molar refractivity (Wildman–Crippen MR) is 55.8 cm³/mol. The Labute approximate surface area is 83.9 Å². The minimum atomic E-state index is 0.150. The Morgan fingerprint density at radius 1 is 1.50 bits per heavy atom. The Kier molecular flexibility index (Phi) is 2.15. The Balaban J connectivity index is 2.01. The molecule has 76 valence electrons. The zero-order valence-corrected chi connectivity index (χ0v) is 8.57. The van der Waals surface area contributed by atoms with Gasteiger partial charge in [-0.2, -0.15) is 0 Å². The fourth-order valence-corrected chi connectivity index (χ4v) is 1.76. The van der Waals surface area contributed by atoms with Gasteiger partial charge in [-0.25, -0.2) is 4.98 Å². The van der Waals surface area contributed by atoms with E-state index in [1.165, 1.54) is 0 Å². The molecule has 2 atom stereocenters. The zero-order valence-electron chi connectivity index (χ0n) is 8.57. The van der Waals surface area contributed by atoms with Gasteiger partial charge in [-0.3, -0.25) is 4.98 Å². The number of hydrogen-bond acceptors (Lipinski definition) is 4. The van der Waals surface area contributed by atoms with E-state index in [0.717, 1.165) is 12.2 Å². The molecule has 1 aliphatic carbocycles. The molecule has 0 bridgehead atoms. The number of nitrogens with one attached hydrogen (secondary N) is 1. The molecule has 2 rings (SSSR count). The van der Waals surface area contributed by atoms with Crippen molar-refractivity contribution < 1.29 is 0 Å². The maximum atomic E-state index is 5.92. The van der Waals surface area contributed by atoms with Crippen molar-refractivity contribution in [3.8, 4) is 0 Å². The summed E-state index contributed by atoms with van der Waals surface area (Å²) in [7, 11) is 0. The summed E-state index contributed by atoms with van der Waals surface area (Å²) in [4.78, 5) is 8.18. The monoisotopic (exact) mass is 192 g/mol. The third-order valence-corrected chi connectivity index (χ3v) is 3.23. The number of nitrogens with two attached hydrogens (primary N) is 1. The first-order valence-corrected chi connectivity index (χ1v) is 4.89. The number of hydrogen-bond donors (Lipinski definition) is 2. The first kappa shape index (κ1) is 9.40. The van der Waals surface area contributed by atoms with E-state index in [2.05, 4.69) is 29.1 Å². The van der Waals surface area contributed by atoms with E-state index in [-0.39, 0.29) is 11.5 Å². The smallest absolute Gasteiger partial charge is 0.144 e. The molecule has 0 aliphatic heterocycles. The quantitative estimate of drug-likeness (QED) is 0.734. The van der Waals surface area contributed by atoms with Crippen molar-refractivity contribution in [2.45, 2.75) is 32.4 Å². The van der Waals surface area contributed by atoms with Crippen molar-refractivity contribution in [1.82, 2.24) is 9.97 Å². The minimum Gasteiger partial charge on any atom is -0.365 e. The predicted octanol–water partition coefficient (Wildman–Crippen LogP) is 1.01. The highest BCUT2D eigenvalue weighted by Crippen LogP contribution is 2.40. The van der Waals surface area contributed by atoms with E-state index in [1.807, 2.05) is 0 Å². The Hall–Kier alpha value is -1.16. The molecule has 2 unspecified atom stereocenters. The molecule has 4 heteroatoms. The zero-order chi connectivity index (χ0) is 10.2. The second-order valence-corrected chi connectivity index (χ2v) is 4.45. The molecule has 1 aromatic rings. The summed E-state index contributed by atoms with van der Waals surface area (Å²) in [5, 5.41) is 3.35. The highest BCUT2D eigenvalue weighted by Gasteiger charge is 2.46. The van der Waals surface area contributed by atoms with Gasteiger partial charge in [0.05, 0.1) is 6.20 Å². The molecule has 1 aliphatic rings. The normalized spacial score (nSPS) is 29.4. The van der Waals surface area contributed by atoms with Gasteiger partial charge < -0.3 is 11.1 Å². The summed E-state index contributed by atoms with van der Waals surface area (Å²) in [5.74, 6) is 0.831. The summed E-state index contributed by atoms with van der Waals surface area (Å²) >= 11 is 0. The number of rotatable bonds is 2. The molecule has 14 heavy (non-hydrogen) atoms. The molecule has 1 fully saturated rings. The van der Waals surface area contributed by atoms with Crippen LogP contribution in [0.15, 0.2) is 18.6 Å². The van der Waals surface area contributed by atoms with Gasteiger partial charge in [0.1, 0.15) is 5.82 Å². The van der Waals surface area contributed by atoms with E-state index in [1.54, 1.807) is 18.6 Å². The van der Waals surface area contributed by atoms with E-state index < -0.39 is 0 Å². The first-order chi connectivity index (χ1) is 6.60. The van der Waals surface area contributed by atoms with Crippen LogP contribution < -0.4 is 11.1 Å². The number of aromatic nitrogens is 2. The molecule has 0 aromatic carbocycles. The van der Waals surface area contributed by atoms with Crippen molar-refractivity contribution in [1.29, 1.82) is 0 Å². The summed E-state index contributed by atoms with van der Waals surface area (Å²) in [6, 6.07) is 0.700. The average Bonchev–Trinajstić information content (AvgIpc) is 2.19. The molecule has 4 nitrogen and oxygen atoms in total. The SMILES string of the molecule is CC1(C)C(N)CC1Nc1cnccn1. The van der Waals surface area contributed by atoms with Crippen molar-refractivity contribution in [3.63, 3.8) is 0 Å². The van der Waals surface area contributed by atoms with Crippen LogP contribution in [0.2, 0.25) is 0 Å². The van der Waals surface area contributed by atoms with Crippen LogP contribution in [0.5, 0.6) is 0 Å². The molecule has 1 saturated carbocycles. The topological polar surface area (TPSA) is 63.8 Å². The molecular weight excluding hydrogens is 176 g/mol. The third kappa shape index (κ3) is 1.46. The third-order valence-electron chi connectivity index (χ3n) is 3.23. The van der Waals surface area contributed by atoms with Gasteiger partial charge in [0.2, 0.25) is 0 Å². The lowest BCUT2D eigenvalue weighted by Gasteiger charge is -2.50. The van der Waals surface area contributed by atoms with Crippen molar-refractivity contribution in [2.75, 3.05) is 5.32 Å². The van der Waals surface area contributed by atoms with E-state index in [0.29, 0.717) is 6.04 Å². The van der Waals surface area contributed by atoms with Gasteiger partial charge in [0, 0.05) is 29.9 Å². The van der Waals surface area contributed by atoms with Gasteiger partial charge in [-0.15, -0.1) is 0 Å². The van der Waals surface area contributed by atoms with Crippen molar-refractivity contribution >= 4 is 5.82 Å². The van der Waals surface area contributed by atoms with Gasteiger partial charge in [0.15, 0.2) is 0 Å². The second-order valence-electron chi connectivity index (χ2n) is 4.45. The van der Waals surface area contributed by atoms with Crippen molar-refractivity contribution in [2.24, 2.45) is 11.1 Å². The average molecular weight is 192 g/mol. The highest BCUT2D eigenvalue weighted by atomic mass is 15.1.